The second kappa shape index (κ2) is 7.56. The van der Waals surface area contributed by atoms with Crippen molar-refractivity contribution in [3.63, 3.8) is 0 Å². The molecule has 1 amide bonds. The average molecular weight is 380 g/mol. The van der Waals surface area contributed by atoms with Gasteiger partial charge < -0.3 is 10.2 Å². The van der Waals surface area contributed by atoms with Crippen molar-refractivity contribution in [1.29, 1.82) is 0 Å². The number of aryl methyl sites for hydroxylation is 1. The minimum atomic E-state index is -0.122. The molecule has 0 aliphatic carbocycles. The Morgan fingerprint density at radius 3 is 2.84 bits per heavy atom. The Kier molecular flexibility index (Phi) is 5.42. The lowest BCUT2D eigenvalue weighted by molar-refractivity contribution is -0.117. The number of nitrogens with one attached hydrogen (secondary N) is 1. The van der Waals surface area contributed by atoms with Crippen LogP contribution in [0.2, 0.25) is 10.0 Å². The first-order valence-corrected chi connectivity index (χ1v) is 8.67. The molecule has 2 aromatic rings. The molecule has 0 radical (unpaired) electrons. The second-order valence-corrected chi connectivity index (χ2v) is 6.93. The molecular formula is C17H19Cl2N5O. The van der Waals surface area contributed by atoms with Gasteiger partial charge in [0.2, 0.25) is 5.91 Å². The highest BCUT2D eigenvalue weighted by atomic mass is 35.5. The van der Waals surface area contributed by atoms with Crippen LogP contribution >= 0.6 is 23.2 Å². The van der Waals surface area contributed by atoms with E-state index in [1.54, 1.807) is 24.5 Å². The zero-order valence-corrected chi connectivity index (χ0v) is 15.6. The summed E-state index contributed by atoms with van der Waals surface area (Å²) in [6.07, 6.45) is 1.57. The minimum Gasteiger partial charge on any atom is -0.353 e. The van der Waals surface area contributed by atoms with E-state index in [0.29, 0.717) is 21.8 Å². The van der Waals surface area contributed by atoms with Gasteiger partial charge in [0, 0.05) is 30.9 Å². The predicted molar refractivity (Wildman–Crippen MR) is 100 cm³/mol. The first-order valence-electron chi connectivity index (χ1n) is 7.91. The van der Waals surface area contributed by atoms with Crippen LogP contribution in [-0.4, -0.2) is 53.5 Å². The summed E-state index contributed by atoms with van der Waals surface area (Å²) >= 11 is 12.1. The number of hydrogen-bond acceptors (Lipinski definition) is 5. The normalized spacial score (nSPS) is 14.5. The predicted octanol–water partition coefficient (Wildman–Crippen LogP) is 2.85. The number of aromatic nitrogens is 2. The van der Waals surface area contributed by atoms with Gasteiger partial charge in [0.1, 0.15) is 12.1 Å². The number of nitrogens with zero attached hydrogens (tertiary/aromatic N) is 4. The van der Waals surface area contributed by atoms with E-state index in [2.05, 4.69) is 20.2 Å². The van der Waals surface area contributed by atoms with E-state index in [1.807, 2.05) is 24.9 Å². The van der Waals surface area contributed by atoms with Crippen LogP contribution in [0.25, 0.3) is 0 Å². The SMILES string of the molecule is Cc1cc(N2CC(N(C)CC(=O)Nc3cccc(Cl)c3Cl)C2)ncn1. The maximum atomic E-state index is 12.2. The highest BCUT2D eigenvalue weighted by Gasteiger charge is 2.31. The highest BCUT2D eigenvalue weighted by molar-refractivity contribution is 6.44. The Morgan fingerprint density at radius 2 is 2.12 bits per heavy atom. The van der Waals surface area contributed by atoms with Crippen LogP contribution in [-0.2, 0) is 4.79 Å². The molecular weight excluding hydrogens is 361 g/mol. The Labute approximate surface area is 156 Å². The molecule has 1 fully saturated rings. The summed E-state index contributed by atoms with van der Waals surface area (Å²) in [6, 6.07) is 7.43. The Hall–Kier alpha value is -1.89. The third kappa shape index (κ3) is 4.21. The third-order valence-electron chi connectivity index (χ3n) is 4.22. The summed E-state index contributed by atoms with van der Waals surface area (Å²) < 4.78 is 0. The van der Waals surface area contributed by atoms with E-state index in [1.165, 1.54) is 0 Å². The van der Waals surface area contributed by atoms with Crippen LogP contribution in [0.4, 0.5) is 11.5 Å². The van der Waals surface area contributed by atoms with Crippen LogP contribution in [0, 0.1) is 6.92 Å². The van der Waals surface area contributed by atoms with Crippen LogP contribution in [0.3, 0.4) is 0 Å². The van der Waals surface area contributed by atoms with E-state index < -0.39 is 0 Å². The molecule has 8 heteroatoms. The van der Waals surface area contributed by atoms with Crippen molar-refractivity contribution in [2.24, 2.45) is 0 Å². The van der Waals surface area contributed by atoms with Gasteiger partial charge in [-0.25, -0.2) is 9.97 Å². The fourth-order valence-electron chi connectivity index (χ4n) is 2.68. The summed E-state index contributed by atoms with van der Waals surface area (Å²) in [5, 5.41) is 3.58. The first-order chi connectivity index (χ1) is 11.9. The van der Waals surface area contributed by atoms with Crippen LogP contribution in [0.1, 0.15) is 5.69 Å². The van der Waals surface area contributed by atoms with Crippen molar-refractivity contribution in [2.75, 3.05) is 36.9 Å². The molecule has 132 valence electrons. The number of amides is 1. The standard InChI is InChI=1S/C17H19Cl2N5O/c1-11-6-15(21-10-20-11)24-7-12(8-24)23(2)9-16(25)22-14-5-3-4-13(18)17(14)19/h3-6,10,12H,7-9H2,1-2H3,(H,22,25). The van der Waals surface area contributed by atoms with Crippen molar-refractivity contribution in [2.45, 2.75) is 13.0 Å². The zero-order valence-electron chi connectivity index (χ0n) is 14.0. The maximum absolute atomic E-state index is 12.2. The van der Waals surface area contributed by atoms with Crippen molar-refractivity contribution in [3.8, 4) is 0 Å². The number of carbonyl (C=O) groups excluding carboxylic acids is 1. The van der Waals surface area contributed by atoms with Crippen molar-refractivity contribution in [3.05, 3.63) is 46.3 Å². The number of rotatable bonds is 5. The van der Waals surface area contributed by atoms with Crippen molar-refractivity contribution >= 4 is 40.6 Å². The second-order valence-electron chi connectivity index (χ2n) is 6.14. The van der Waals surface area contributed by atoms with Gasteiger partial charge >= 0.3 is 0 Å². The Morgan fingerprint density at radius 1 is 1.36 bits per heavy atom. The monoisotopic (exact) mass is 379 g/mol. The molecule has 1 N–H and O–H groups in total. The first kappa shape index (κ1) is 17.9. The molecule has 0 saturated carbocycles. The molecule has 3 rings (SSSR count). The molecule has 0 bridgehead atoms. The summed E-state index contributed by atoms with van der Waals surface area (Å²) in [5.41, 5.74) is 1.47. The van der Waals surface area contributed by atoms with Crippen LogP contribution in [0.5, 0.6) is 0 Å². The van der Waals surface area contributed by atoms with Crippen molar-refractivity contribution in [1.82, 2.24) is 14.9 Å². The molecule has 0 atom stereocenters. The van der Waals surface area contributed by atoms with E-state index in [4.69, 9.17) is 23.2 Å². The fourth-order valence-corrected chi connectivity index (χ4v) is 3.03. The van der Waals surface area contributed by atoms with E-state index in [0.717, 1.165) is 24.6 Å². The average Bonchev–Trinajstić information content (AvgIpc) is 2.50. The van der Waals surface area contributed by atoms with Gasteiger partial charge in [-0.1, -0.05) is 29.3 Å². The van der Waals surface area contributed by atoms with E-state index >= 15 is 0 Å². The van der Waals surface area contributed by atoms with Gasteiger partial charge in [0.15, 0.2) is 0 Å². The largest absolute Gasteiger partial charge is 0.353 e. The Bertz CT molecular complexity index is 779. The summed E-state index contributed by atoms with van der Waals surface area (Å²) in [5.74, 6) is 0.801. The van der Waals surface area contributed by atoms with Gasteiger partial charge in [-0.2, -0.15) is 0 Å². The van der Waals surface area contributed by atoms with Crippen LogP contribution < -0.4 is 10.2 Å². The number of hydrogen-bond donors (Lipinski definition) is 1. The lowest BCUT2D eigenvalue weighted by Gasteiger charge is -2.44. The van der Waals surface area contributed by atoms with Gasteiger partial charge in [0.25, 0.3) is 0 Å². The lowest BCUT2D eigenvalue weighted by Crippen LogP contribution is -2.59. The van der Waals surface area contributed by atoms with Gasteiger partial charge in [0.05, 0.1) is 22.3 Å². The van der Waals surface area contributed by atoms with E-state index in [-0.39, 0.29) is 12.5 Å². The van der Waals surface area contributed by atoms with Crippen molar-refractivity contribution < 1.29 is 4.79 Å². The lowest BCUT2D eigenvalue weighted by atomic mass is 10.1. The van der Waals surface area contributed by atoms with Gasteiger partial charge in [-0.15, -0.1) is 0 Å². The molecule has 1 aliphatic heterocycles. The molecule has 1 aromatic carbocycles. The fraction of sp³-hybridized carbons (Fsp3) is 0.353. The number of benzene rings is 1. The summed E-state index contributed by atoms with van der Waals surface area (Å²) in [7, 11) is 1.94. The van der Waals surface area contributed by atoms with Gasteiger partial charge in [-0.3, -0.25) is 9.69 Å². The Balaban J connectivity index is 1.51. The molecule has 0 spiro atoms. The molecule has 1 aliphatic rings. The molecule has 1 aromatic heterocycles. The minimum absolute atomic E-state index is 0.122. The molecule has 0 unspecified atom stereocenters. The molecule has 6 nitrogen and oxygen atoms in total. The zero-order chi connectivity index (χ0) is 18.0. The number of halogens is 2. The molecule has 25 heavy (non-hydrogen) atoms. The van der Waals surface area contributed by atoms with Gasteiger partial charge in [-0.05, 0) is 26.1 Å². The van der Waals surface area contributed by atoms with Crippen LogP contribution in [0.15, 0.2) is 30.6 Å². The number of likely N-dealkylation sites (N-methyl/N-ethyl adjacent to an activating group) is 1. The topological polar surface area (TPSA) is 61.4 Å². The molecule has 2 heterocycles. The summed E-state index contributed by atoms with van der Waals surface area (Å²) in [4.78, 5) is 24.8. The summed E-state index contributed by atoms with van der Waals surface area (Å²) in [6.45, 7) is 3.89. The highest BCUT2D eigenvalue weighted by Crippen LogP contribution is 2.29. The number of anilines is 2. The smallest absolute Gasteiger partial charge is 0.238 e. The quantitative estimate of drug-likeness (QED) is 0.865. The third-order valence-corrected chi connectivity index (χ3v) is 5.04. The maximum Gasteiger partial charge on any atom is 0.238 e. The number of carbonyl (C=O) groups is 1. The van der Waals surface area contributed by atoms with E-state index in [9.17, 15) is 4.79 Å². The molecule has 1 saturated heterocycles.